The summed E-state index contributed by atoms with van der Waals surface area (Å²) < 4.78 is 1.70. The highest BCUT2D eigenvalue weighted by molar-refractivity contribution is 6.30. The molecule has 1 amide bonds. The third-order valence-corrected chi connectivity index (χ3v) is 4.65. The lowest BCUT2D eigenvalue weighted by atomic mass is 10.1. The molecule has 5 nitrogen and oxygen atoms in total. The van der Waals surface area contributed by atoms with Gasteiger partial charge in [-0.15, -0.1) is 5.10 Å². The van der Waals surface area contributed by atoms with Gasteiger partial charge < -0.3 is 5.32 Å². The van der Waals surface area contributed by atoms with Crippen LogP contribution in [0.15, 0.2) is 72.8 Å². The molecule has 6 heteroatoms. The minimum Gasteiger partial charge on any atom is -0.319 e. The van der Waals surface area contributed by atoms with E-state index in [4.69, 9.17) is 11.6 Å². The predicted molar refractivity (Wildman–Crippen MR) is 116 cm³/mol. The summed E-state index contributed by atoms with van der Waals surface area (Å²) in [5.74, 6) is 0.297. The Morgan fingerprint density at radius 2 is 1.66 bits per heavy atom. The lowest BCUT2D eigenvalue weighted by Crippen LogP contribution is -2.14. The van der Waals surface area contributed by atoms with E-state index >= 15 is 0 Å². The van der Waals surface area contributed by atoms with Crippen molar-refractivity contribution >= 4 is 23.2 Å². The number of hydrogen-bond donors (Lipinski definition) is 1. The second-order valence-corrected chi connectivity index (χ2v) is 7.28. The highest BCUT2D eigenvalue weighted by Gasteiger charge is 2.19. The minimum atomic E-state index is -0.396. The molecule has 0 unspecified atom stereocenters. The molecule has 0 saturated heterocycles. The lowest BCUT2D eigenvalue weighted by molar-refractivity contribution is 0.101. The van der Waals surface area contributed by atoms with E-state index < -0.39 is 5.91 Å². The van der Waals surface area contributed by atoms with E-state index in [-0.39, 0.29) is 5.82 Å². The number of halogens is 1. The van der Waals surface area contributed by atoms with Gasteiger partial charge in [0.15, 0.2) is 5.82 Å². The molecular formula is C23H19ClN4O. The molecule has 0 aliphatic carbocycles. The third kappa shape index (κ3) is 4.20. The van der Waals surface area contributed by atoms with E-state index in [0.717, 1.165) is 22.4 Å². The Bertz CT molecular complexity index is 1140. The van der Waals surface area contributed by atoms with Crippen molar-refractivity contribution in [2.75, 3.05) is 5.32 Å². The van der Waals surface area contributed by atoms with Gasteiger partial charge >= 0.3 is 0 Å². The van der Waals surface area contributed by atoms with Crippen LogP contribution < -0.4 is 5.32 Å². The van der Waals surface area contributed by atoms with Crippen molar-refractivity contribution in [3.63, 3.8) is 0 Å². The number of benzene rings is 3. The Morgan fingerprint density at radius 3 is 2.38 bits per heavy atom. The summed E-state index contributed by atoms with van der Waals surface area (Å²) in [6.07, 6.45) is 0. The second-order valence-electron chi connectivity index (χ2n) is 6.84. The summed E-state index contributed by atoms with van der Waals surface area (Å²) in [4.78, 5) is 17.3. The molecule has 0 fully saturated rings. The fraction of sp³-hybridized carbons (Fsp3) is 0.0870. The summed E-state index contributed by atoms with van der Waals surface area (Å²) in [6, 6.07) is 22.9. The van der Waals surface area contributed by atoms with Crippen LogP contribution in [0.25, 0.3) is 17.1 Å². The molecule has 29 heavy (non-hydrogen) atoms. The molecule has 4 rings (SSSR count). The Kier molecular flexibility index (Phi) is 5.14. The number of hydrogen-bond acceptors (Lipinski definition) is 3. The number of amides is 1. The Hall–Kier alpha value is -3.44. The van der Waals surface area contributed by atoms with E-state index in [1.165, 1.54) is 0 Å². The molecule has 1 heterocycles. The standard InChI is InChI=1S/C23H19ClN4O/c1-15-6-3-8-17(12-15)22-26-21(23(29)25-19-10-5-9-18(24)14-19)27-28(22)20-11-4-7-16(2)13-20/h3-14H,1-2H3,(H,25,29). The summed E-state index contributed by atoms with van der Waals surface area (Å²) >= 11 is 6.01. The van der Waals surface area contributed by atoms with Gasteiger partial charge in [-0.05, 0) is 55.8 Å². The van der Waals surface area contributed by atoms with Crippen molar-refractivity contribution in [1.29, 1.82) is 0 Å². The molecule has 4 aromatic rings. The van der Waals surface area contributed by atoms with Gasteiger partial charge in [-0.3, -0.25) is 4.79 Å². The van der Waals surface area contributed by atoms with Crippen LogP contribution >= 0.6 is 11.6 Å². The van der Waals surface area contributed by atoms with E-state index in [0.29, 0.717) is 16.5 Å². The third-order valence-electron chi connectivity index (χ3n) is 4.42. The Labute approximate surface area is 174 Å². The second kappa shape index (κ2) is 7.89. The Morgan fingerprint density at radius 1 is 0.931 bits per heavy atom. The first-order valence-electron chi connectivity index (χ1n) is 9.18. The van der Waals surface area contributed by atoms with Crippen LogP contribution in [0, 0.1) is 13.8 Å². The summed E-state index contributed by atoms with van der Waals surface area (Å²) in [6.45, 7) is 4.03. The number of rotatable bonds is 4. The monoisotopic (exact) mass is 402 g/mol. The maximum Gasteiger partial charge on any atom is 0.295 e. The van der Waals surface area contributed by atoms with Crippen molar-refractivity contribution in [2.24, 2.45) is 0 Å². The first-order chi connectivity index (χ1) is 14.0. The van der Waals surface area contributed by atoms with E-state index in [2.05, 4.69) is 15.4 Å². The molecule has 3 aromatic carbocycles. The smallest absolute Gasteiger partial charge is 0.295 e. The van der Waals surface area contributed by atoms with Crippen LogP contribution in [0.3, 0.4) is 0 Å². The average molecular weight is 403 g/mol. The summed E-state index contributed by atoms with van der Waals surface area (Å²) in [5.41, 5.74) is 4.52. The van der Waals surface area contributed by atoms with Crippen molar-refractivity contribution in [1.82, 2.24) is 14.8 Å². The van der Waals surface area contributed by atoms with Gasteiger partial charge in [0, 0.05) is 16.3 Å². The highest BCUT2D eigenvalue weighted by Crippen LogP contribution is 2.23. The Balaban J connectivity index is 1.78. The summed E-state index contributed by atoms with van der Waals surface area (Å²) in [7, 11) is 0. The maximum absolute atomic E-state index is 12.8. The molecule has 0 bridgehead atoms. The van der Waals surface area contributed by atoms with Crippen molar-refractivity contribution in [3.8, 4) is 17.1 Å². The fourth-order valence-electron chi connectivity index (χ4n) is 3.07. The molecule has 0 aliphatic rings. The number of carbonyl (C=O) groups excluding carboxylic acids is 1. The van der Waals surface area contributed by atoms with E-state index in [1.807, 2.05) is 62.4 Å². The van der Waals surface area contributed by atoms with Gasteiger partial charge in [-0.2, -0.15) is 0 Å². The normalized spacial score (nSPS) is 10.7. The predicted octanol–water partition coefficient (Wildman–Crippen LogP) is 5.46. The zero-order valence-corrected chi connectivity index (χ0v) is 16.8. The quantitative estimate of drug-likeness (QED) is 0.493. The fourth-order valence-corrected chi connectivity index (χ4v) is 3.26. The maximum atomic E-state index is 12.8. The number of aromatic nitrogens is 3. The molecule has 0 radical (unpaired) electrons. The molecule has 0 aliphatic heterocycles. The molecular weight excluding hydrogens is 384 g/mol. The van der Waals surface area contributed by atoms with Gasteiger partial charge in [-0.1, -0.05) is 53.6 Å². The number of anilines is 1. The molecule has 0 spiro atoms. The van der Waals surface area contributed by atoms with Crippen LogP contribution in [-0.4, -0.2) is 20.7 Å². The highest BCUT2D eigenvalue weighted by atomic mass is 35.5. The number of nitrogens with zero attached hydrogens (tertiary/aromatic N) is 3. The van der Waals surface area contributed by atoms with E-state index in [1.54, 1.807) is 28.9 Å². The first-order valence-corrected chi connectivity index (χ1v) is 9.55. The van der Waals surface area contributed by atoms with Crippen molar-refractivity contribution in [2.45, 2.75) is 13.8 Å². The van der Waals surface area contributed by atoms with Gasteiger partial charge in [-0.25, -0.2) is 9.67 Å². The molecule has 144 valence electrons. The SMILES string of the molecule is Cc1cccc(-c2nc(C(=O)Nc3cccc(Cl)c3)nn2-c2cccc(C)c2)c1. The average Bonchev–Trinajstić information content (AvgIpc) is 3.14. The number of aryl methyl sites for hydroxylation is 2. The zero-order chi connectivity index (χ0) is 20.4. The largest absolute Gasteiger partial charge is 0.319 e. The van der Waals surface area contributed by atoms with Gasteiger partial charge in [0.2, 0.25) is 5.82 Å². The van der Waals surface area contributed by atoms with Crippen molar-refractivity contribution < 1.29 is 4.79 Å². The van der Waals surface area contributed by atoms with Crippen LogP contribution in [0.5, 0.6) is 0 Å². The topological polar surface area (TPSA) is 59.8 Å². The van der Waals surface area contributed by atoms with Crippen LogP contribution in [0.2, 0.25) is 5.02 Å². The van der Waals surface area contributed by atoms with Crippen LogP contribution in [0.1, 0.15) is 21.7 Å². The van der Waals surface area contributed by atoms with Gasteiger partial charge in [0.25, 0.3) is 5.91 Å². The number of carbonyl (C=O) groups is 1. The van der Waals surface area contributed by atoms with E-state index in [9.17, 15) is 4.79 Å². The molecule has 0 atom stereocenters. The molecule has 1 N–H and O–H groups in total. The van der Waals surface area contributed by atoms with Crippen LogP contribution in [-0.2, 0) is 0 Å². The lowest BCUT2D eigenvalue weighted by Gasteiger charge is -2.07. The minimum absolute atomic E-state index is 0.0861. The van der Waals surface area contributed by atoms with Gasteiger partial charge in [0.05, 0.1) is 5.69 Å². The molecule has 1 aromatic heterocycles. The molecule has 0 saturated carbocycles. The number of nitrogens with one attached hydrogen (secondary N) is 1. The van der Waals surface area contributed by atoms with Crippen LogP contribution in [0.4, 0.5) is 5.69 Å². The van der Waals surface area contributed by atoms with Crippen molar-refractivity contribution in [3.05, 3.63) is 94.8 Å². The van der Waals surface area contributed by atoms with Gasteiger partial charge in [0.1, 0.15) is 0 Å². The zero-order valence-electron chi connectivity index (χ0n) is 16.1. The summed E-state index contributed by atoms with van der Waals surface area (Å²) in [5, 5.41) is 7.85. The first kappa shape index (κ1) is 18.9.